The molecule has 1 fully saturated rings. The first-order valence-corrected chi connectivity index (χ1v) is 8.17. The molecule has 0 amide bonds. The number of nitrogens with zero attached hydrogens (tertiary/aromatic N) is 1. The molecule has 1 aliphatic rings. The van der Waals surface area contributed by atoms with Gasteiger partial charge in [0.15, 0.2) is 0 Å². The predicted molar refractivity (Wildman–Crippen MR) is 79.5 cm³/mol. The maximum Gasteiger partial charge on any atom is 0.242 e. The molecule has 0 aliphatic heterocycles. The van der Waals surface area contributed by atoms with E-state index >= 15 is 0 Å². The number of aliphatic hydroxyl groups excluding tert-OH is 1. The van der Waals surface area contributed by atoms with Crippen molar-refractivity contribution in [2.24, 2.45) is 5.92 Å². The van der Waals surface area contributed by atoms with Crippen molar-refractivity contribution in [2.75, 3.05) is 27.3 Å². The van der Waals surface area contributed by atoms with E-state index in [9.17, 15) is 8.42 Å². The summed E-state index contributed by atoms with van der Waals surface area (Å²) in [6, 6.07) is 4.58. The Hall–Kier alpha value is -1.55. The van der Waals surface area contributed by atoms with Crippen molar-refractivity contribution in [1.29, 1.82) is 0 Å². The Bertz CT molecular complexity index is 669. The molecule has 1 aromatic carbocycles. The standard InChI is InChI=1S/C15H19NO4S/c1-16(11-12-5-6-12)21(18,19)14-7-8-15(20-2)13(10-14)4-3-9-17/h7-8,10,12,17H,5-6,9,11H2,1-2H3. The van der Waals surface area contributed by atoms with Crippen LogP contribution in [0.1, 0.15) is 18.4 Å². The molecule has 1 aliphatic carbocycles. The summed E-state index contributed by atoms with van der Waals surface area (Å²) >= 11 is 0. The van der Waals surface area contributed by atoms with Crippen LogP contribution in [0, 0.1) is 17.8 Å². The summed E-state index contributed by atoms with van der Waals surface area (Å²) in [5.74, 6) is 6.19. The summed E-state index contributed by atoms with van der Waals surface area (Å²) in [5, 5.41) is 8.77. The largest absolute Gasteiger partial charge is 0.495 e. The van der Waals surface area contributed by atoms with Crippen LogP contribution in [-0.4, -0.2) is 45.1 Å². The van der Waals surface area contributed by atoms with Crippen LogP contribution >= 0.6 is 0 Å². The minimum absolute atomic E-state index is 0.189. The van der Waals surface area contributed by atoms with Gasteiger partial charge < -0.3 is 9.84 Å². The zero-order valence-corrected chi connectivity index (χ0v) is 13.0. The highest BCUT2D eigenvalue weighted by atomic mass is 32.2. The third-order valence-electron chi connectivity index (χ3n) is 3.39. The molecule has 5 nitrogen and oxygen atoms in total. The highest BCUT2D eigenvalue weighted by Gasteiger charge is 2.29. The lowest BCUT2D eigenvalue weighted by molar-refractivity contribution is 0.350. The number of ether oxygens (including phenoxy) is 1. The normalized spacial score (nSPS) is 14.7. The van der Waals surface area contributed by atoms with Gasteiger partial charge >= 0.3 is 0 Å². The van der Waals surface area contributed by atoms with Crippen molar-refractivity contribution in [3.63, 3.8) is 0 Å². The minimum Gasteiger partial charge on any atom is -0.495 e. The van der Waals surface area contributed by atoms with Gasteiger partial charge in [0.05, 0.1) is 17.6 Å². The molecular weight excluding hydrogens is 290 g/mol. The summed E-state index contributed by atoms with van der Waals surface area (Å²) < 4.78 is 31.6. The van der Waals surface area contributed by atoms with Crippen LogP contribution in [0.4, 0.5) is 0 Å². The SMILES string of the molecule is COc1ccc(S(=O)(=O)N(C)CC2CC2)cc1C#CCO. The first kappa shape index (κ1) is 15.8. The number of sulfonamides is 1. The van der Waals surface area contributed by atoms with E-state index in [0.29, 0.717) is 23.8 Å². The van der Waals surface area contributed by atoms with Gasteiger partial charge in [-0.2, -0.15) is 0 Å². The van der Waals surface area contributed by atoms with Crippen LogP contribution in [-0.2, 0) is 10.0 Å². The smallest absolute Gasteiger partial charge is 0.242 e. The molecule has 2 rings (SSSR count). The Balaban J connectivity index is 2.33. The van der Waals surface area contributed by atoms with Gasteiger partial charge in [-0.05, 0) is 37.0 Å². The number of methoxy groups -OCH3 is 1. The Kier molecular flexibility index (Phi) is 4.88. The van der Waals surface area contributed by atoms with Gasteiger partial charge in [0, 0.05) is 13.6 Å². The first-order valence-electron chi connectivity index (χ1n) is 6.73. The number of rotatable bonds is 5. The molecule has 21 heavy (non-hydrogen) atoms. The lowest BCUT2D eigenvalue weighted by atomic mass is 10.2. The molecule has 0 heterocycles. The Morgan fingerprint density at radius 1 is 1.43 bits per heavy atom. The van der Waals surface area contributed by atoms with Crippen molar-refractivity contribution in [3.8, 4) is 17.6 Å². The second-order valence-electron chi connectivity index (χ2n) is 5.05. The van der Waals surface area contributed by atoms with E-state index in [1.165, 1.54) is 23.5 Å². The fourth-order valence-corrected chi connectivity index (χ4v) is 3.30. The molecule has 0 aromatic heterocycles. The average molecular weight is 309 g/mol. The highest BCUT2D eigenvalue weighted by molar-refractivity contribution is 7.89. The van der Waals surface area contributed by atoms with E-state index in [-0.39, 0.29) is 11.5 Å². The fraction of sp³-hybridized carbons (Fsp3) is 0.467. The molecule has 0 atom stereocenters. The summed E-state index contributed by atoms with van der Waals surface area (Å²) in [5.41, 5.74) is 0.451. The molecule has 1 saturated carbocycles. The second kappa shape index (κ2) is 6.48. The summed E-state index contributed by atoms with van der Waals surface area (Å²) in [4.78, 5) is 0.189. The number of hydrogen-bond donors (Lipinski definition) is 1. The van der Waals surface area contributed by atoms with Gasteiger partial charge in [-0.15, -0.1) is 0 Å². The summed E-state index contributed by atoms with van der Waals surface area (Å²) in [6.07, 6.45) is 2.19. The van der Waals surface area contributed by atoms with Gasteiger partial charge in [0.1, 0.15) is 12.4 Å². The number of aliphatic hydroxyl groups is 1. The number of benzene rings is 1. The molecule has 0 saturated heterocycles. The zero-order valence-electron chi connectivity index (χ0n) is 12.2. The lowest BCUT2D eigenvalue weighted by Gasteiger charge is -2.17. The molecule has 6 heteroatoms. The quantitative estimate of drug-likeness (QED) is 0.826. The van der Waals surface area contributed by atoms with Gasteiger partial charge in [-0.1, -0.05) is 11.8 Å². The number of hydrogen-bond acceptors (Lipinski definition) is 4. The van der Waals surface area contributed by atoms with Crippen molar-refractivity contribution >= 4 is 10.0 Å². The third-order valence-corrected chi connectivity index (χ3v) is 5.21. The van der Waals surface area contributed by atoms with Gasteiger partial charge in [-0.3, -0.25) is 0 Å². The van der Waals surface area contributed by atoms with Crippen LogP contribution in [0.25, 0.3) is 0 Å². The molecule has 1 N–H and O–H groups in total. The van der Waals surface area contributed by atoms with E-state index in [0.717, 1.165) is 12.8 Å². The molecule has 114 valence electrons. The lowest BCUT2D eigenvalue weighted by Crippen LogP contribution is -2.29. The van der Waals surface area contributed by atoms with Gasteiger partial charge in [0.25, 0.3) is 0 Å². The maximum atomic E-state index is 12.5. The van der Waals surface area contributed by atoms with Crippen molar-refractivity contribution in [2.45, 2.75) is 17.7 Å². The molecule has 0 radical (unpaired) electrons. The van der Waals surface area contributed by atoms with Crippen LogP contribution in [0.3, 0.4) is 0 Å². The Morgan fingerprint density at radius 3 is 2.71 bits per heavy atom. The third kappa shape index (κ3) is 3.76. The average Bonchev–Trinajstić information content (AvgIpc) is 3.28. The summed E-state index contributed by atoms with van der Waals surface area (Å²) in [6.45, 7) is 0.258. The van der Waals surface area contributed by atoms with Gasteiger partial charge in [0.2, 0.25) is 10.0 Å². The minimum atomic E-state index is -3.52. The van der Waals surface area contributed by atoms with Crippen LogP contribution in [0.2, 0.25) is 0 Å². The van der Waals surface area contributed by atoms with Crippen LogP contribution < -0.4 is 4.74 Å². The maximum absolute atomic E-state index is 12.5. The zero-order chi connectivity index (χ0) is 15.5. The molecule has 1 aromatic rings. The van der Waals surface area contributed by atoms with E-state index in [1.807, 2.05) is 0 Å². The second-order valence-corrected chi connectivity index (χ2v) is 7.10. The van der Waals surface area contributed by atoms with Crippen molar-refractivity contribution in [1.82, 2.24) is 4.31 Å². The summed E-state index contributed by atoms with van der Waals surface area (Å²) in [7, 11) is -0.432. The van der Waals surface area contributed by atoms with E-state index in [2.05, 4.69) is 11.8 Å². The molecule has 0 unspecified atom stereocenters. The monoisotopic (exact) mass is 309 g/mol. The highest BCUT2D eigenvalue weighted by Crippen LogP contribution is 2.31. The Morgan fingerprint density at radius 2 is 2.14 bits per heavy atom. The van der Waals surface area contributed by atoms with E-state index < -0.39 is 10.0 Å². The van der Waals surface area contributed by atoms with Crippen molar-refractivity contribution in [3.05, 3.63) is 23.8 Å². The fourth-order valence-electron chi connectivity index (χ4n) is 2.02. The topological polar surface area (TPSA) is 66.8 Å². The molecule has 0 spiro atoms. The predicted octanol–water partition coefficient (Wildman–Crippen LogP) is 1.07. The van der Waals surface area contributed by atoms with E-state index in [1.54, 1.807) is 13.1 Å². The van der Waals surface area contributed by atoms with E-state index in [4.69, 9.17) is 9.84 Å². The first-order chi connectivity index (χ1) is 9.98. The van der Waals surface area contributed by atoms with Gasteiger partial charge in [-0.25, -0.2) is 12.7 Å². The van der Waals surface area contributed by atoms with Crippen LogP contribution in [0.15, 0.2) is 23.1 Å². The molecular formula is C15H19NO4S. The Labute approximate surface area is 125 Å². The van der Waals surface area contributed by atoms with Crippen molar-refractivity contribution < 1.29 is 18.3 Å². The van der Waals surface area contributed by atoms with Crippen LogP contribution in [0.5, 0.6) is 5.75 Å². The molecule has 0 bridgehead atoms.